The number of rotatable bonds is 3. The van der Waals surface area contributed by atoms with Crippen molar-refractivity contribution in [2.75, 3.05) is 26.7 Å². The predicted octanol–water partition coefficient (Wildman–Crippen LogP) is -0.335. The molecule has 5 heteroatoms. The monoisotopic (exact) mass is 214 g/mol. The van der Waals surface area contributed by atoms with Crippen LogP contribution in [0.1, 0.15) is 19.8 Å². The van der Waals surface area contributed by atoms with Gasteiger partial charge in [-0.05, 0) is 25.9 Å². The molecule has 1 saturated heterocycles. The summed E-state index contributed by atoms with van der Waals surface area (Å²) in [6, 6.07) is 0. The van der Waals surface area contributed by atoms with Crippen LogP contribution >= 0.6 is 0 Å². The maximum atomic E-state index is 11.8. The van der Waals surface area contributed by atoms with Crippen molar-refractivity contribution >= 4 is 11.9 Å². The summed E-state index contributed by atoms with van der Waals surface area (Å²) in [6.45, 7) is 3.59. The van der Waals surface area contributed by atoms with Crippen LogP contribution in [0.5, 0.6) is 0 Å². The van der Waals surface area contributed by atoms with Crippen LogP contribution in [0.15, 0.2) is 0 Å². The molecule has 0 aromatic rings. The van der Waals surface area contributed by atoms with E-state index in [4.69, 9.17) is 0 Å². The van der Waals surface area contributed by atoms with Gasteiger partial charge in [-0.1, -0.05) is 6.92 Å². The molecular weight excluding hydrogens is 196 g/mol. The second kappa shape index (κ2) is 5.11. The molecule has 0 atom stereocenters. The van der Waals surface area contributed by atoms with Crippen molar-refractivity contribution in [3.63, 3.8) is 0 Å². The van der Waals surface area contributed by atoms with Crippen LogP contribution in [-0.2, 0) is 14.3 Å². The highest BCUT2D eigenvalue weighted by molar-refractivity contribution is 5.86. The molecule has 0 aromatic heterocycles. The van der Waals surface area contributed by atoms with E-state index in [1.807, 2.05) is 6.92 Å². The summed E-state index contributed by atoms with van der Waals surface area (Å²) in [7, 11) is 1.31. The van der Waals surface area contributed by atoms with Crippen molar-refractivity contribution < 1.29 is 14.3 Å². The fourth-order valence-electron chi connectivity index (χ4n) is 1.64. The third-order valence-corrected chi connectivity index (χ3v) is 2.88. The molecule has 2 N–H and O–H groups in total. The largest absolute Gasteiger partial charge is 0.468 e. The molecule has 1 fully saturated rings. The topological polar surface area (TPSA) is 67.4 Å². The number of hydrogen-bond acceptors (Lipinski definition) is 4. The summed E-state index contributed by atoms with van der Waals surface area (Å²) < 4.78 is 4.45. The van der Waals surface area contributed by atoms with E-state index in [2.05, 4.69) is 15.4 Å². The Labute approximate surface area is 89.6 Å². The predicted molar refractivity (Wildman–Crippen MR) is 55.2 cm³/mol. The van der Waals surface area contributed by atoms with Crippen LogP contribution in [-0.4, -0.2) is 38.6 Å². The molecule has 0 saturated carbocycles. The van der Waals surface area contributed by atoms with Gasteiger partial charge in [0.25, 0.3) is 0 Å². The minimum atomic E-state index is -0.416. The van der Waals surface area contributed by atoms with E-state index < -0.39 is 5.97 Å². The summed E-state index contributed by atoms with van der Waals surface area (Å²) in [4.78, 5) is 22.6. The number of amides is 1. The van der Waals surface area contributed by atoms with Crippen molar-refractivity contribution in [2.45, 2.75) is 19.8 Å². The van der Waals surface area contributed by atoms with Crippen LogP contribution in [0, 0.1) is 5.41 Å². The van der Waals surface area contributed by atoms with Crippen LogP contribution in [0.2, 0.25) is 0 Å². The van der Waals surface area contributed by atoms with E-state index in [9.17, 15) is 9.59 Å². The number of nitrogens with one attached hydrogen (secondary N) is 2. The maximum absolute atomic E-state index is 11.8. The molecule has 1 aliphatic heterocycles. The smallest absolute Gasteiger partial charge is 0.325 e. The first-order valence-electron chi connectivity index (χ1n) is 5.14. The van der Waals surface area contributed by atoms with Gasteiger partial charge in [0, 0.05) is 5.41 Å². The Kier molecular flexibility index (Phi) is 4.08. The fourth-order valence-corrected chi connectivity index (χ4v) is 1.64. The third kappa shape index (κ3) is 3.20. The van der Waals surface area contributed by atoms with Crippen molar-refractivity contribution in [1.82, 2.24) is 10.6 Å². The zero-order chi connectivity index (χ0) is 11.3. The average molecular weight is 214 g/mol. The van der Waals surface area contributed by atoms with Crippen molar-refractivity contribution in [1.29, 1.82) is 0 Å². The zero-order valence-corrected chi connectivity index (χ0v) is 9.26. The highest BCUT2D eigenvalue weighted by atomic mass is 16.5. The lowest BCUT2D eigenvalue weighted by molar-refractivity contribution is -0.142. The first kappa shape index (κ1) is 12.0. The SMILES string of the molecule is COC(=O)CNC(=O)C1(C)CCNCC1. The number of hydrogen-bond donors (Lipinski definition) is 2. The molecular formula is C10H18N2O3. The van der Waals surface area contributed by atoms with E-state index in [1.54, 1.807) is 0 Å². The Morgan fingerprint density at radius 1 is 1.40 bits per heavy atom. The Morgan fingerprint density at radius 3 is 2.53 bits per heavy atom. The first-order chi connectivity index (χ1) is 7.08. The van der Waals surface area contributed by atoms with Crippen molar-refractivity contribution in [3.05, 3.63) is 0 Å². The molecule has 0 bridgehead atoms. The van der Waals surface area contributed by atoms with E-state index >= 15 is 0 Å². The third-order valence-electron chi connectivity index (χ3n) is 2.88. The molecule has 0 unspecified atom stereocenters. The van der Waals surface area contributed by atoms with Crippen LogP contribution in [0.3, 0.4) is 0 Å². The average Bonchev–Trinajstić information content (AvgIpc) is 2.26. The molecule has 0 aliphatic carbocycles. The molecule has 1 amide bonds. The lowest BCUT2D eigenvalue weighted by Gasteiger charge is -2.32. The first-order valence-corrected chi connectivity index (χ1v) is 5.14. The molecule has 0 radical (unpaired) electrons. The molecule has 1 heterocycles. The Hall–Kier alpha value is -1.10. The van der Waals surface area contributed by atoms with Gasteiger partial charge in [-0.15, -0.1) is 0 Å². The lowest BCUT2D eigenvalue weighted by Crippen LogP contribution is -2.47. The van der Waals surface area contributed by atoms with Crippen LogP contribution in [0.25, 0.3) is 0 Å². The van der Waals surface area contributed by atoms with Gasteiger partial charge in [-0.2, -0.15) is 0 Å². The summed E-state index contributed by atoms with van der Waals surface area (Å²) in [5, 5.41) is 5.80. The standard InChI is InChI=1S/C10H18N2O3/c1-10(3-5-11-6-4-10)9(14)12-7-8(13)15-2/h11H,3-7H2,1-2H3,(H,12,14). The Bertz CT molecular complexity index is 247. The van der Waals surface area contributed by atoms with Gasteiger partial charge in [-0.25, -0.2) is 0 Å². The maximum Gasteiger partial charge on any atom is 0.325 e. The van der Waals surface area contributed by atoms with Gasteiger partial charge in [0.15, 0.2) is 0 Å². The van der Waals surface area contributed by atoms with Gasteiger partial charge in [0.05, 0.1) is 7.11 Å². The van der Waals surface area contributed by atoms with Crippen molar-refractivity contribution in [2.24, 2.45) is 5.41 Å². The van der Waals surface area contributed by atoms with Gasteiger partial charge in [0.2, 0.25) is 5.91 Å². The molecule has 0 aromatic carbocycles. The number of carbonyl (C=O) groups excluding carboxylic acids is 2. The molecule has 1 rings (SSSR count). The van der Waals surface area contributed by atoms with Crippen LogP contribution in [0.4, 0.5) is 0 Å². The summed E-state index contributed by atoms with van der Waals surface area (Å²) in [5.74, 6) is -0.477. The molecule has 1 aliphatic rings. The highest BCUT2D eigenvalue weighted by Crippen LogP contribution is 2.27. The Balaban J connectivity index is 2.41. The number of piperidine rings is 1. The molecule has 5 nitrogen and oxygen atoms in total. The zero-order valence-electron chi connectivity index (χ0n) is 9.26. The molecule has 0 spiro atoms. The van der Waals surface area contributed by atoms with Gasteiger partial charge < -0.3 is 15.4 Å². The quantitative estimate of drug-likeness (QED) is 0.631. The number of methoxy groups -OCH3 is 1. The summed E-state index contributed by atoms with van der Waals surface area (Å²) in [6.07, 6.45) is 1.61. The minimum Gasteiger partial charge on any atom is -0.468 e. The minimum absolute atomic E-state index is 0.0433. The van der Waals surface area contributed by atoms with Gasteiger partial charge in [-0.3, -0.25) is 9.59 Å². The van der Waals surface area contributed by atoms with E-state index in [0.29, 0.717) is 0 Å². The lowest BCUT2D eigenvalue weighted by atomic mass is 9.80. The van der Waals surface area contributed by atoms with Crippen molar-refractivity contribution in [3.8, 4) is 0 Å². The van der Waals surface area contributed by atoms with E-state index in [-0.39, 0.29) is 17.9 Å². The number of carbonyl (C=O) groups is 2. The number of esters is 1. The normalized spacial score (nSPS) is 19.3. The Morgan fingerprint density at radius 2 is 2.00 bits per heavy atom. The van der Waals surface area contributed by atoms with Crippen LogP contribution < -0.4 is 10.6 Å². The second-order valence-electron chi connectivity index (χ2n) is 4.07. The second-order valence-corrected chi connectivity index (χ2v) is 4.07. The number of ether oxygens (including phenoxy) is 1. The summed E-state index contributed by atoms with van der Waals surface area (Å²) >= 11 is 0. The summed E-state index contributed by atoms with van der Waals surface area (Å²) in [5.41, 5.74) is -0.348. The van der Waals surface area contributed by atoms with E-state index in [1.165, 1.54) is 7.11 Å². The molecule has 86 valence electrons. The highest BCUT2D eigenvalue weighted by Gasteiger charge is 2.34. The van der Waals surface area contributed by atoms with E-state index in [0.717, 1.165) is 25.9 Å². The fraction of sp³-hybridized carbons (Fsp3) is 0.800. The van der Waals surface area contributed by atoms with Gasteiger partial charge in [0.1, 0.15) is 6.54 Å². The van der Waals surface area contributed by atoms with Gasteiger partial charge >= 0.3 is 5.97 Å². The molecule has 15 heavy (non-hydrogen) atoms.